The number of rotatable bonds is 9. The van der Waals surface area contributed by atoms with Crippen LogP contribution < -0.4 is 29.4 Å². The minimum absolute atomic E-state index is 0.0229. The summed E-state index contributed by atoms with van der Waals surface area (Å²) in [6.45, 7) is 4.20. The first-order valence-electron chi connectivity index (χ1n) is 8.63. The van der Waals surface area contributed by atoms with Gasteiger partial charge in [0, 0.05) is 17.7 Å². The Kier molecular flexibility index (Phi) is 7.08. The van der Waals surface area contributed by atoms with Crippen molar-refractivity contribution >= 4 is 17.6 Å². The summed E-state index contributed by atoms with van der Waals surface area (Å²) < 4.78 is 21.3. The number of methoxy groups -OCH3 is 2. The smallest absolute Gasteiger partial charge is 0.259 e. The van der Waals surface area contributed by atoms with Gasteiger partial charge in [-0.1, -0.05) is 0 Å². The standard InChI is InChI=1S/C20H23NO7/c1-5-27-17-10-14(20(23)24)15(11-18(17)28-6-2)21-19(22)13-8-7-12(25-3)9-16(13)26-4/h7-11H,5-6H2,1-4H3,(H,21,22)(H,23,24)/p-1. The maximum absolute atomic E-state index is 12.7. The Morgan fingerprint density at radius 2 is 1.54 bits per heavy atom. The fourth-order valence-electron chi connectivity index (χ4n) is 2.54. The molecule has 0 saturated heterocycles. The van der Waals surface area contributed by atoms with Crippen LogP contribution in [-0.2, 0) is 0 Å². The van der Waals surface area contributed by atoms with Crippen molar-refractivity contribution in [3.05, 3.63) is 41.5 Å². The molecular formula is C20H22NO7-. The SMILES string of the molecule is CCOc1cc(NC(=O)c2ccc(OC)cc2OC)c(C(=O)[O-])cc1OCC. The van der Waals surface area contributed by atoms with E-state index in [0.717, 1.165) is 0 Å². The van der Waals surface area contributed by atoms with Gasteiger partial charge in [-0.05, 0) is 32.0 Å². The minimum Gasteiger partial charge on any atom is -0.545 e. The number of nitrogens with one attached hydrogen (secondary N) is 1. The van der Waals surface area contributed by atoms with Crippen LogP contribution in [0.1, 0.15) is 34.6 Å². The zero-order valence-electron chi connectivity index (χ0n) is 16.2. The van der Waals surface area contributed by atoms with Gasteiger partial charge < -0.3 is 34.2 Å². The van der Waals surface area contributed by atoms with Crippen molar-refractivity contribution in [2.24, 2.45) is 0 Å². The Morgan fingerprint density at radius 1 is 0.893 bits per heavy atom. The molecule has 8 heteroatoms. The highest BCUT2D eigenvalue weighted by Gasteiger charge is 2.18. The van der Waals surface area contributed by atoms with Crippen LogP contribution in [-0.4, -0.2) is 39.3 Å². The number of carboxylic acids is 1. The molecule has 8 nitrogen and oxygen atoms in total. The van der Waals surface area contributed by atoms with Gasteiger partial charge in [0.1, 0.15) is 11.5 Å². The molecule has 0 aliphatic rings. The summed E-state index contributed by atoms with van der Waals surface area (Å²) in [6.07, 6.45) is 0. The van der Waals surface area contributed by atoms with E-state index in [1.165, 1.54) is 32.4 Å². The predicted octanol–water partition coefficient (Wildman–Crippen LogP) is 2.12. The van der Waals surface area contributed by atoms with E-state index in [4.69, 9.17) is 18.9 Å². The molecule has 0 atom stereocenters. The summed E-state index contributed by atoms with van der Waals surface area (Å²) in [6, 6.07) is 7.33. The molecule has 0 unspecified atom stereocenters. The molecule has 28 heavy (non-hydrogen) atoms. The second-order valence-corrected chi connectivity index (χ2v) is 5.52. The van der Waals surface area contributed by atoms with Gasteiger partial charge in [0.15, 0.2) is 11.5 Å². The van der Waals surface area contributed by atoms with E-state index in [0.29, 0.717) is 24.7 Å². The van der Waals surface area contributed by atoms with Crippen molar-refractivity contribution in [3.8, 4) is 23.0 Å². The number of carbonyl (C=O) groups excluding carboxylic acids is 2. The van der Waals surface area contributed by atoms with Crippen LogP contribution >= 0.6 is 0 Å². The first kappa shape index (κ1) is 20.9. The Balaban J connectivity index is 2.45. The van der Waals surface area contributed by atoms with Crippen LogP contribution in [0.4, 0.5) is 5.69 Å². The van der Waals surface area contributed by atoms with Crippen LogP contribution in [0.15, 0.2) is 30.3 Å². The molecule has 0 spiro atoms. The average Bonchev–Trinajstić information content (AvgIpc) is 2.69. The summed E-state index contributed by atoms with van der Waals surface area (Å²) in [4.78, 5) is 24.3. The summed E-state index contributed by atoms with van der Waals surface area (Å²) in [7, 11) is 2.91. The Morgan fingerprint density at radius 3 is 2.07 bits per heavy atom. The Bertz CT molecular complexity index is 864. The summed E-state index contributed by atoms with van der Waals surface area (Å²) in [5.74, 6) is -0.657. The first-order valence-corrected chi connectivity index (χ1v) is 8.63. The molecule has 0 heterocycles. The molecule has 0 aromatic heterocycles. The topological polar surface area (TPSA) is 106 Å². The lowest BCUT2D eigenvalue weighted by Gasteiger charge is -2.18. The molecule has 0 radical (unpaired) electrons. The number of ether oxygens (including phenoxy) is 4. The van der Waals surface area contributed by atoms with Crippen molar-refractivity contribution < 1.29 is 33.6 Å². The molecule has 150 valence electrons. The second kappa shape index (κ2) is 9.50. The van der Waals surface area contributed by atoms with Crippen molar-refractivity contribution in [3.63, 3.8) is 0 Å². The summed E-state index contributed by atoms with van der Waals surface area (Å²) in [5, 5.41) is 14.1. The number of benzene rings is 2. The molecule has 0 aliphatic carbocycles. The zero-order valence-corrected chi connectivity index (χ0v) is 16.2. The molecule has 1 amide bonds. The fraction of sp³-hybridized carbons (Fsp3) is 0.300. The van der Waals surface area contributed by atoms with E-state index in [-0.39, 0.29) is 28.3 Å². The van der Waals surface area contributed by atoms with Crippen molar-refractivity contribution in [1.29, 1.82) is 0 Å². The number of aromatic carboxylic acids is 1. The number of anilines is 1. The molecule has 1 N–H and O–H groups in total. The molecule has 0 aliphatic heterocycles. The van der Waals surface area contributed by atoms with Gasteiger partial charge in [0.2, 0.25) is 0 Å². The largest absolute Gasteiger partial charge is 0.545 e. The molecule has 2 aromatic carbocycles. The van der Waals surface area contributed by atoms with Crippen LogP contribution in [0.5, 0.6) is 23.0 Å². The van der Waals surface area contributed by atoms with E-state index in [2.05, 4.69) is 5.32 Å². The lowest BCUT2D eigenvalue weighted by Crippen LogP contribution is -2.25. The second-order valence-electron chi connectivity index (χ2n) is 5.52. The summed E-state index contributed by atoms with van der Waals surface area (Å²) >= 11 is 0. The van der Waals surface area contributed by atoms with Gasteiger partial charge in [0.05, 0.1) is 44.7 Å². The molecule has 2 aromatic rings. The van der Waals surface area contributed by atoms with Crippen molar-refractivity contribution in [1.82, 2.24) is 0 Å². The molecule has 2 rings (SSSR count). The lowest BCUT2D eigenvalue weighted by molar-refractivity contribution is -0.254. The van der Waals surface area contributed by atoms with Crippen molar-refractivity contribution in [2.75, 3.05) is 32.8 Å². The maximum Gasteiger partial charge on any atom is 0.259 e. The van der Waals surface area contributed by atoms with E-state index in [1.807, 2.05) is 0 Å². The Labute approximate surface area is 163 Å². The van der Waals surface area contributed by atoms with E-state index in [9.17, 15) is 14.7 Å². The zero-order chi connectivity index (χ0) is 20.7. The van der Waals surface area contributed by atoms with Gasteiger partial charge in [-0.25, -0.2) is 0 Å². The molecular weight excluding hydrogens is 366 g/mol. The normalized spacial score (nSPS) is 10.1. The van der Waals surface area contributed by atoms with Crippen LogP contribution in [0.25, 0.3) is 0 Å². The fourth-order valence-corrected chi connectivity index (χ4v) is 2.54. The van der Waals surface area contributed by atoms with Crippen molar-refractivity contribution in [2.45, 2.75) is 13.8 Å². The van der Waals surface area contributed by atoms with Crippen LogP contribution in [0, 0.1) is 0 Å². The third-order valence-corrected chi connectivity index (χ3v) is 3.80. The van der Waals surface area contributed by atoms with Crippen LogP contribution in [0.2, 0.25) is 0 Å². The number of hydrogen-bond donors (Lipinski definition) is 1. The average molecular weight is 388 g/mol. The lowest BCUT2D eigenvalue weighted by atomic mass is 10.1. The minimum atomic E-state index is -1.46. The maximum atomic E-state index is 12.7. The quantitative estimate of drug-likeness (QED) is 0.701. The van der Waals surface area contributed by atoms with E-state index in [1.54, 1.807) is 26.0 Å². The van der Waals surface area contributed by atoms with E-state index >= 15 is 0 Å². The first-order chi connectivity index (χ1) is 13.4. The summed E-state index contributed by atoms with van der Waals surface area (Å²) in [5.41, 5.74) is 0.00180. The van der Waals surface area contributed by atoms with Crippen LogP contribution in [0.3, 0.4) is 0 Å². The number of carbonyl (C=O) groups is 2. The highest BCUT2D eigenvalue weighted by atomic mass is 16.5. The highest BCUT2D eigenvalue weighted by Crippen LogP contribution is 2.34. The highest BCUT2D eigenvalue weighted by molar-refractivity contribution is 6.09. The predicted molar refractivity (Wildman–Crippen MR) is 101 cm³/mol. The van der Waals surface area contributed by atoms with E-state index < -0.39 is 11.9 Å². The number of amides is 1. The third-order valence-electron chi connectivity index (χ3n) is 3.80. The molecule has 0 fully saturated rings. The van der Waals surface area contributed by atoms with Gasteiger partial charge in [-0.2, -0.15) is 0 Å². The third kappa shape index (κ3) is 4.64. The van der Waals surface area contributed by atoms with Gasteiger partial charge in [0.25, 0.3) is 5.91 Å². The monoisotopic (exact) mass is 388 g/mol. The van der Waals surface area contributed by atoms with Gasteiger partial charge in [-0.15, -0.1) is 0 Å². The number of carboxylic acid groups (broad SMARTS) is 1. The molecule has 0 saturated carbocycles. The Hall–Kier alpha value is -3.42. The van der Waals surface area contributed by atoms with Gasteiger partial charge in [-0.3, -0.25) is 4.79 Å². The number of hydrogen-bond acceptors (Lipinski definition) is 7. The van der Waals surface area contributed by atoms with Gasteiger partial charge >= 0.3 is 0 Å². The molecule has 0 bridgehead atoms.